The molecule has 8 heteroatoms. The number of hydrogen-bond donors (Lipinski definition) is 1. The number of methoxy groups -OCH3 is 1. The minimum atomic E-state index is 0.257. The van der Waals surface area contributed by atoms with Gasteiger partial charge >= 0.3 is 0 Å². The molecule has 1 aromatic heterocycles. The Bertz CT molecular complexity index is 903. The van der Waals surface area contributed by atoms with E-state index in [0.717, 1.165) is 48.9 Å². The standard InChI is InChI=1S/C25H35N5O3/c1-3-15-32-19-20-17-21(6-7-23(20)33-16-14-29-11-4-5-12-29)27-25-26-10-8-24(28-25)30-13-9-22(18-30)31-2/h3,6-8,10,17,22H,1,4-5,9,11-16,18-19H2,2H3,(H,26,27,28)/t22-/m1/s1. The number of hydrogen-bond acceptors (Lipinski definition) is 8. The van der Waals surface area contributed by atoms with Crippen molar-refractivity contribution in [2.24, 2.45) is 0 Å². The predicted molar refractivity (Wildman–Crippen MR) is 130 cm³/mol. The summed E-state index contributed by atoms with van der Waals surface area (Å²) in [4.78, 5) is 13.8. The molecule has 0 spiro atoms. The van der Waals surface area contributed by atoms with Crippen LogP contribution in [-0.4, -0.2) is 74.0 Å². The van der Waals surface area contributed by atoms with Gasteiger partial charge in [-0.15, -0.1) is 6.58 Å². The molecule has 0 radical (unpaired) electrons. The monoisotopic (exact) mass is 453 g/mol. The Balaban J connectivity index is 1.41. The number of nitrogens with zero attached hydrogens (tertiary/aromatic N) is 4. The van der Waals surface area contributed by atoms with E-state index in [1.807, 2.05) is 24.3 Å². The average Bonchev–Trinajstić information content (AvgIpc) is 3.53. The Morgan fingerprint density at radius 2 is 2.09 bits per heavy atom. The molecule has 0 saturated carbocycles. The van der Waals surface area contributed by atoms with Crippen molar-refractivity contribution in [1.82, 2.24) is 14.9 Å². The van der Waals surface area contributed by atoms with Gasteiger partial charge in [0.05, 0.1) is 19.3 Å². The van der Waals surface area contributed by atoms with Crippen LogP contribution in [0.1, 0.15) is 24.8 Å². The van der Waals surface area contributed by atoms with Crippen molar-refractivity contribution >= 4 is 17.5 Å². The Morgan fingerprint density at radius 3 is 2.88 bits per heavy atom. The molecule has 2 fully saturated rings. The molecule has 1 atom stereocenters. The number of benzene rings is 1. The zero-order valence-electron chi connectivity index (χ0n) is 19.5. The third-order valence-electron chi connectivity index (χ3n) is 6.12. The van der Waals surface area contributed by atoms with Crippen LogP contribution < -0.4 is 15.0 Å². The Morgan fingerprint density at radius 1 is 1.21 bits per heavy atom. The van der Waals surface area contributed by atoms with Gasteiger partial charge in [-0.2, -0.15) is 4.98 Å². The first-order chi connectivity index (χ1) is 16.2. The van der Waals surface area contributed by atoms with Crippen LogP contribution in [-0.2, 0) is 16.1 Å². The summed E-state index contributed by atoms with van der Waals surface area (Å²) >= 11 is 0. The molecule has 8 nitrogen and oxygen atoms in total. The van der Waals surface area contributed by atoms with Crippen molar-refractivity contribution in [3.05, 3.63) is 48.7 Å². The lowest BCUT2D eigenvalue weighted by molar-refractivity contribution is 0.121. The molecular formula is C25H35N5O3. The number of aromatic nitrogens is 2. The van der Waals surface area contributed by atoms with Crippen LogP contribution in [0.3, 0.4) is 0 Å². The molecule has 2 aliphatic rings. The van der Waals surface area contributed by atoms with Gasteiger partial charge in [0.2, 0.25) is 5.95 Å². The minimum absolute atomic E-state index is 0.257. The highest BCUT2D eigenvalue weighted by molar-refractivity contribution is 5.58. The molecule has 4 rings (SSSR count). The second kappa shape index (κ2) is 12.0. The molecule has 2 aliphatic heterocycles. The highest BCUT2D eigenvalue weighted by Crippen LogP contribution is 2.26. The van der Waals surface area contributed by atoms with E-state index < -0.39 is 0 Å². The van der Waals surface area contributed by atoms with E-state index in [9.17, 15) is 0 Å². The summed E-state index contributed by atoms with van der Waals surface area (Å²) < 4.78 is 17.3. The molecule has 3 heterocycles. The van der Waals surface area contributed by atoms with Gasteiger partial charge in [-0.05, 0) is 56.6 Å². The summed E-state index contributed by atoms with van der Waals surface area (Å²) in [5.41, 5.74) is 1.88. The van der Waals surface area contributed by atoms with Crippen LogP contribution in [0.4, 0.5) is 17.5 Å². The number of anilines is 3. The van der Waals surface area contributed by atoms with Crippen LogP contribution in [0.2, 0.25) is 0 Å². The first-order valence-corrected chi connectivity index (χ1v) is 11.8. The van der Waals surface area contributed by atoms with Crippen LogP contribution in [0.5, 0.6) is 5.75 Å². The Labute approximate surface area is 196 Å². The lowest BCUT2D eigenvalue weighted by atomic mass is 10.2. The summed E-state index contributed by atoms with van der Waals surface area (Å²) in [7, 11) is 1.76. The zero-order valence-corrected chi connectivity index (χ0v) is 19.5. The third kappa shape index (κ3) is 6.66. The van der Waals surface area contributed by atoms with Crippen LogP contribution in [0, 0.1) is 0 Å². The second-order valence-corrected chi connectivity index (χ2v) is 8.48. The first kappa shape index (κ1) is 23.5. The molecule has 1 N–H and O–H groups in total. The topological polar surface area (TPSA) is 72.0 Å². The van der Waals surface area contributed by atoms with Crippen molar-refractivity contribution in [1.29, 1.82) is 0 Å². The first-order valence-electron chi connectivity index (χ1n) is 11.8. The van der Waals surface area contributed by atoms with E-state index in [-0.39, 0.29) is 6.10 Å². The van der Waals surface area contributed by atoms with E-state index in [0.29, 0.717) is 25.8 Å². The van der Waals surface area contributed by atoms with Crippen molar-refractivity contribution in [3.8, 4) is 5.75 Å². The molecule has 0 bridgehead atoms. The molecule has 0 unspecified atom stereocenters. The largest absolute Gasteiger partial charge is 0.492 e. The molecule has 2 saturated heterocycles. The van der Waals surface area contributed by atoms with E-state index in [1.54, 1.807) is 19.4 Å². The zero-order chi connectivity index (χ0) is 22.9. The number of ether oxygens (including phenoxy) is 3. The van der Waals surface area contributed by atoms with Crippen molar-refractivity contribution < 1.29 is 14.2 Å². The summed E-state index contributed by atoms with van der Waals surface area (Å²) in [6, 6.07) is 7.97. The fourth-order valence-corrected chi connectivity index (χ4v) is 4.30. The minimum Gasteiger partial charge on any atom is -0.492 e. The van der Waals surface area contributed by atoms with Crippen molar-refractivity contribution in [3.63, 3.8) is 0 Å². The Hall–Kier alpha value is -2.68. The fourth-order valence-electron chi connectivity index (χ4n) is 4.30. The van der Waals surface area contributed by atoms with Gasteiger partial charge < -0.3 is 24.4 Å². The fraction of sp³-hybridized carbons (Fsp3) is 0.520. The van der Waals surface area contributed by atoms with Gasteiger partial charge in [0.1, 0.15) is 18.2 Å². The highest BCUT2D eigenvalue weighted by Gasteiger charge is 2.23. The predicted octanol–water partition coefficient (Wildman–Crippen LogP) is 3.62. The molecule has 33 heavy (non-hydrogen) atoms. The van der Waals surface area contributed by atoms with E-state index in [4.69, 9.17) is 19.2 Å². The lowest BCUT2D eigenvalue weighted by Gasteiger charge is -2.18. The maximum atomic E-state index is 6.12. The maximum Gasteiger partial charge on any atom is 0.229 e. The lowest BCUT2D eigenvalue weighted by Crippen LogP contribution is -2.25. The van der Waals surface area contributed by atoms with Crippen LogP contribution >= 0.6 is 0 Å². The maximum absolute atomic E-state index is 6.12. The summed E-state index contributed by atoms with van der Waals surface area (Å²) in [5.74, 6) is 2.32. The smallest absolute Gasteiger partial charge is 0.229 e. The highest BCUT2D eigenvalue weighted by atomic mass is 16.5. The van der Waals surface area contributed by atoms with Crippen molar-refractivity contribution in [2.75, 3.05) is 63.3 Å². The molecule has 2 aromatic rings. The average molecular weight is 454 g/mol. The van der Waals surface area contributed by atoms with Gasteiger partial charge in [-0.1, -0.05) is 6.08 Å². The SMILES string of the molecule is C=CCOCc1cc(Nc2nccc(N3CC[C@@H](OC)C3)n2)ccc1OCCN1CCCC1. The van der Waals surface area contributed by atoms with Crippen LogP contribution in [0.25, 0.3) is 0 Å². The molecule has 0 aliphatic carbocycles. The van der Waals surface area contributed by atoms with Crippen LogP contribution in [0.15, 0.2) is 43.1 Å². The summed E-state index contributed by atoms with van der Waals surface area (Å²) in [6.07, 6.45) is 7.38. The number of nitrogens with one attached hydrogen (secondary N) is 1. The third-order valence-corrected chi connectivity index (χ3v) is 6.12. The van der Waals surface area contributed by atoms with E-state index in [1.165, 1.54) is 25.9 Å². The van der Waals surface area contributed by atoms with Gasteiger partial charge in [0.15, 0.2) is 0 Å². The summed E-state index contributed by atoms with van der Waals surface area (Å²) in [6.45, 7) is 10.4. The molecule has 1 aromatic carbocycles. The number of likely N-dealkylation sites (tertiary alicyclic amines) is 1. The molecule has 0 amide bonds. The van der Waals surface area contributed by atoms with Crippen molar-refractivity contribution in [2.45, 2.75) is 32.0 Å². The second-order valence-electron chi connectivity index (χ2n) is 8.48. The molecule has 178 valence electrons. The van der Waals surface area contributed by atoms with Gasteiger partial charge in [-0.25, -0.2) is 4.98 Å². The van der Waals surface area contributed by atoms with Gasteiger partial charge in [0, 0.05) is 44.2 Å². The summed E-state index contributed by atoms with van der Waals surface area (Å²) in [5, 5.41) is 3.33. The molecular weight excluding hydrogens is 418 g/mol. The van der Waals surface area contributed by atoms with E-state index >= 15 is 0 Å². The van der Waals surface area contributed by atoms with E-state index in [2.05, 4.69) is 26.7 Å². The number of rotatable bonds is 12. The Kier molecular flexibility index (Phi) is 8.52. The quantitative estimate of drug-likeness (QED) is 0.386. The van der Waals surface area contributed by atoms with Gasteiger partial charge in [0.25, 0.3) is 0 Å². The normalized spacial score (nSPS) is 18.6. The van der Waals surface area contributed by atoms with Gasteiger partial charge in [-0.3, -0.25) is 4.90 Å².